The number of hydrogen-bond donors (Lipinski definition) is 1. The number of likely N-dealkylation sites (N-methyl/N-ethyl adjacent to an activating group) is 1. The van der Waals surface area contributed by atoms with Gasteiger partial charge >= 0.3 is 6.03 Å². The zero-order chi connectivity index (χ0) is 19.6. The lowest BCUT2D eigenvalue weighted by molar-refractivity contribution is -0.131. The van der Waals surface area contributed by atoms with Gasteiger partial charge < -0.3 is 15.0 Å². The summed E-state index contributed by atoms with van der Waals surface area (Å²) in [5.41, 5.74) is 0.370. The van der Waals surface area contributed by atoms with Gasteiger partial charge in [-0.25, -0.2) is 4.79 Å². The monoisotopic (exact) mass is 379 g/mol. The van der Waals surface area contributed by atoms with Crippen LogP contribution in [0.15, 0.2) is 54.6 Å². The molecule has 1 heterocycles. The lowest BCUT2D eigenvalue weighted by Gasteiger charge is -2.23. The van der Waals surface area contributed by atoms with Crippen molar-refractivity contribution in [3.05, 3.63) is 54.6 Å². The van der Waals surface area contributed by atoms with E-state index in [1.54, 1.807) is 0 Å². The van der Waals surface area contributed by atoms with Crippen molar-refractivity contribution < 1.29 is 14.3 Å². The van der Waals surface area contributed by atoms with Crippen molar-refractivity contribution in [3.8, 4) is 11.5 Å². The number of nitrogens with one attached hydrogen (secondary N) is 1. The molecular weight excluding hydrogens is 354 g/mol. The maximum absolute atomic E-state index is 12.7. The first kappa shape index (κ1) is 18.3. The van der Waals surface area contributed by atoms with Crippen LogP contribution in [0.3, 0.4) is 0 Å². The Hall–Kier alpha value is -3.02. The van der Waals surface area contributed by atoms with Gasteiger partial charge in [0.15, 0.2) is 0 Å². The van der Waals surface area contributed by atoms with Gasteiger partial charge in [-0.1, -0.05) is 31.0 Å². The quantitative estimate of drug-likeness (QED) is 0.776. The molecule has 0 unspecified atom stereocenters. The number of amides is 3. The van der Waals surface area contributed by atoms with Crippen LogP contribution in [-0.4, -0.2) is 42.5 Å². The molecule has 1 aliphatic heterocycles. The van der Waals surface area contributed by atoms with Crippen LogP contribution in [0.5, 0.6) is 11.5 Å². The fourth-order valence-corrected chi connectivity index (χ4v) is 3.97. The van der Waals surface area contributed by atoms with Crippen LogP contribution in [0.4, 0.5) is 10.5 Å². The number of benzene rings is 2. The molecule has 2 aliphatic rings. The highest BCUT2D eigenvalue weighted by Crippen LogP contribution is 2.35. The number of nitrogens with zero attached hydrogens (tertiary/aromatic N) is 2. The van der Waals surface area contributed by atoms with Gasteiger partial charge in [-0.05, 0) is 49.2 Å². The Balaban J connectivity index is 1.34. The largest absolute Gasteiger partial charge is 0.457 e. The van der Waals surface area contributed by atoms with Crippen LogP contribution in [0.25, 0.3) is 0 Å². The SMILES string of the molecule is CN(CCN1C(=O)NC2(CCCC2)C1=O)c1ccc(Oc2ccccc2)cc1. The van der Waals surface area contributed by atoms with Crippen LogP contribution in [0.1, 0.15) is 25.7 Å². The van der Waals surface area contributed by atoms with E-state index in [2.05, 4.69) is 5.32 Å². The number of hydrogen-bond acceptors (Lipinski definition) is 4. The maximum atomic E-state index is 12.7. The normalized spacial score (nSPS) is 17.8. The van der Waals surface area contributed by atoms with Crippen molar-refractivity contribution in [2.45, 2.75) is 31.2 Å². The van der Waals surface area contributed by atoms with Crippen molar-refractivity contribution in [2.75, 3.05) is 25.0 Å². The molecule has 1 saturated carbocycles. The van der Waals surface area contributed by atoms with Crippen molar-refractivity contribution in [2.24, 2.45) is 0 Å². The molecule has 2 aromatic rings. The number of rotatable bonds is 6. The van der Waals surface area contributed by atoms with E-state index in [0.29, 0.717) is 13.1 Å². The van der Waals surface area contributed by atoms with Gasteiger partial charge in [0.1, 0.15) is 17.0 Å². The van der Waals surface area contributed by atoms with Gasteiger partial charge in [-0.15, -0.1) is 0 Å². The number of anilines is 1. The number of imide groups is 1. The number of urea groups is 1. The van der Waals surface area contributed by atoms with Crippen LogP contribution in [-0.2, 0) is 4.79 Å². The average Bonchev–Trinajstić information content (AvgIpc) is 3.27. The van der Waals surface area contributed by atoms with E-state index >= 15 is 0 Å². The Morgan fingerprint density at radius 3 is 2.32 bits per heavy atom. The highest BCUT2D eigenvalue weighted by Gasteiger charge is 2.52. The molecule has 4 rings (SSSR count). The topological polar surface area (TPSA) is 61.9 Å². The predicted molar refractivity (Wildman–Crippen MR) is 108 cm³/mol. The summed E-state index contributed by atoms with van der Waals surface area (Å²) in [4.78, 5) is 28.4. The van der Waals surface area contributed by atoms with Gasteiger partial charge in [-0.2, -0.15) is 0 Å². The highest BCUT2D eigenvalue weighted by atomic mass is 16.5. The van der Waals surface area contributed by atoms with E-state index < -0.39 is 5.54 Å². The minimum atomic E-state index is -0.633. The minimum absolute atomic E-state index is 0.0602. The molecule has 1 saturated heterocycles. The number of carbonyl (C=O) groups is 2. The van der Waals surface area contributed by atoms with Gasteiger partial charge in [0, 0.05) is 25.8 Å². The Labute approximate surface area is 165 Å². The summed E-state index contributed by atoms with van der Waals surface area (Å²) in [6, 6.07) is 17.2. The third-order valence-electron chi connectivity index (χ3n) is 5.62. The zero-order valence-corrected chi connectivity index (χ0v) is 16.1. The summed E-state index contributed by atoms with van der Waals surface area (Å²) >= 11 is 0. The fourth-order valence-electron chi connectivity index (χ4n) is 3.97. The van der Waals surface area contributed by atoms with Crippen LogP contribution in [0.2, 0.25) is 0 Å². The van der Waals surface area contributed by atoms with Gasteiger partial charge in [0.05, 0.1) is 0 Å². The van der Waals surface area contributed by atoms with Crippen LogP contribution >= 0.6 is 0 Å². The molecule has 6 heteroatoms. The number of ether oxygens (including phenoxy) is 1. The Morgan fingerprint density at radius 1 is 1.00 bits per heavy atom. The molecule has 146 valence electrons. The molecule has 0 bridgehead atoms. The first-order valence-electron chi connectivity index (χ1n) is 9.76. The second-order valence-electron chi connectivity index (χ2n) is 7.51. The average molecular weight is 379 g/mol. The van der Waals surface area contributed by atoms with Crippen molar-refractivity contribution in [3.63, 3.8) is 0 Å². The predicted octanol–water partition coefficient (Wildman–Crippen LogP) is 3.78. The molecule has 2 fully saturated rings. The second-order valence-corrected chi connectivity index (χ2v) is 7.51. The third kappa shape index (κ3) is 3.54. The van der Waals surface area contributed by atoms with Crippen molar-refractivity contribution >= 4 is 17.6 Å². The van der Waals surface area contributed by atoms with E-state index in [1.807, 2.05) is 66.5 Å². The third-order valence-corrected chi connectivity index (χ3v) is 5.62. The van der Waals surface area contributed by atoms with Crippen LogP contribution < -0.4 is 15.0 Å². The summed E-state index contributed by atoms with van der Waals surface area (Å²) in [6.07, 6.45) is 3.51. The molecule has 1 aliphatic carbocycles. The lowest BCUT2D eigenvalue weighted by atomic mass is 9.98. The summed E-state index contributed by atoms with van der Waals surface area (Å²) < 4.78 is 5.81. The summed E-state index contributed by atoms with van der Waals surface area (Å²) in [6.45, 7) is 0.958. The lowest BCUT2D eigenvalue weighted by Crippen LogP contribution is -2.44. The first-order chi connectivity index (χ1) is 13.6. The first-order valence-corrected chi connectivity index (χ1v) is 9.76. The summed E-state index contributed by atoms with van der Waals surface area (Å²) in [7, 11) is 1.96. The Bertz CT molecular complexity index is 845. The van der Waals surface area contributed by atoms with E-state index in [1.165, 1.54) is 4.90 Å². The molecule has 3 amide bonds. The second kappa shape index (κ2) is 7.54. The standard InChI is InChI=1S/C22H25N3O3/c1-24(15-16-25-20(26)22(23-21(25)27)13-5-6-14-22)17-9-11-19(12-10-17)28-18-7-3-2-4-8-18/h2-4,7-12H,5-6,13-16H2,1H3,(H,23,27). The molecule has 0 atom stereocenters. The van der Waals surface area contributed by atoms with Crippen molar-refractivity contribution in [1.29, 1.82) is 0 Å². The Kier molecular flexibility index (Phi) is 4.94. The van der Waals surface area contributed by atoms with E-state index in [-0.39, 0.29) is 11.9 Å². The molecular formula is C22H25N3O3. The van der Waals surface area contributed by atoms with Crippen LogP contribution in [0, 0.1) is 0 Å². The minimum Gasteiger partial charge on any atom is -0.457 e. The van der Waals surface area contributed by atoms with Crippen molar-refractivity contribution in [1.82, 2.24) is 10.2 Å². The molecule has 28 heavy (non-hydrogen) atoms. The Morgan fingerprint density at radius 2 is 1.64 bits per heavy atom. The highest BCUT2D eigenvalue weighted by molar-refractivity contribution is 6.07. The van der Waals surface area contributed by atoms with Gasteiger partial charge in [0.2, 0.25) is 0 Å². The molecule has 1 spiro atoms. The van der Waals surface area contributed by atoms with E-state index in [9.17, 15) is 9.59 Å². The maximum Gasteiger partial charge on any atom is 0.325 e. The van der Waals surface area contributed by atoms with Gasteiger partial charge in [-0.3, -0.25) is 9.69 Å². The van der Waals surface area contributed by atoms with E-state index in [4.69, 9.17) is 4.74 Å². The molecule has 2 aromatic carbocycles. The van der Waals surface area contributed by atoms with Gasteiger partial charge in [0.25, 0.3) is 5.91 Å². The molecule has 0 radical (unpaired) electrons. The summed E-state index contributed by atoms with van der Waals surface area (Å²) in [5.74, 6) is 1.50. The molecule has 1 N–H and O–H groups in total. The zero-order valence-electron chi connectivity index (χ0n) is 16.1. The number of para-hydroxylation sites is 1. The number of carbonyl (C=O) groups excluding carboxylic acids is 2. The molecule has 0 aromatic heterocycles. The smallest absolute Gasteiger partial charge is 0.325 e. The summed E-state index contributed by atoms with van der Waals surface area (Å²) in [5, 5.41) is 2.93. The fraction of sp³-hybridized carbons (Fsp3) is 0.364. The van der Waals surface area contributed by atoms with E-state index in [0.717, 1.165) is 42.9 Å². The molecule has 6 nitrogen and oxygen atoms in total.